The van der Waals surface area contributed by atoms with Crippen molar-refractivity contribution in [1.82, 2.24) is 0 Å². The van der Waals surface area contributed by atoms with Crippen molar-refractivity contribution in [3.8, 4) is 0 Å². The number of allylic oxidation sites excluding steroid dienone is 3. The van der Waals surface area contributed by atoms with Gasteiger partial charge in [0.25, 0.3) is 0 Å². The Morgan fingerprint density at radius 2 is 0.971 bits per heavy atom. The number of benzene rings is 2. The van der Waals surface area contributed by atoms with E-state index in [2.05, 4.69) is 119 Å². The fourth-order valence-corrected chi connectivity index (χ4v) is 8.60. The molecule has 0 saturated carbocycles. The largest absolute Gasteiger partial charge is 0.107 e. The smallest absolute Gasteiger partial charge is 0.0741 e. The van der Waals surface area contributed by atoms with Crippen LogP contribution in [0.5, 0.6) is 0 Å². The molecule has 1 radical (unpaired) electrons. The highest BCUT2D eigenvalue weighted by Gasteiger charge is 2.40. The first-order valence-corrected chi connectivity index (χ1v) is 16.4. The third-order valence-electron chi connectivity index (χ3n) is 7.09. The van der Waals surface area contributed by atoms with E-state index in [0.29, 0.717) is 11.8 Å². The van der Waals surface area contributed by atoms with Crippen LogP contribution in [0.25, 0.3) is 11.1 Å². The Hall–Kier alpha value is -2.08. The number of aryl methyl sites for hydroxylation is 6. The maximum absolute atomic E-state index is 4.11. The summed E-state index contributed by atoms with van der Waals surface area (Å²) in [6.45, 7) is 30.6. The second-order valence-corrected chi connectivity index (χ2v) is 17.2. The maximum Gasteiger partial charge on any atom is 0.0741 e. The van der Waals surface area contributed by atoms with Crippen LogP contribution < -0.4 is 0 Å². The topological polar surface area (TPSA) is 0 Å². The quantitative estimate of drug-likeness (QED) is 0.302. The molecule has 3 rings (SSSR count). The summed E-state index contributed by atoms with van der Waals surface area (Å²) in [7, 11) is -1.69. The second-order valence-electron chi connectivity index (χ2n) is 12.2. The Morgan fingerprint density at radius 3 is 1.29 bits per heavy atom. The SMILES string of the molecule is Cc1cc(C)c(C2=C=C(c3c(C)cc(C)cc3C)C(C(C)C)=C([Si](C)(C)C)[C]2C(C)C)c(C)c1. The predicted octanol–water partition coefficient (Wildman–Crippen LogP) is 9.68. The van der Waals surface area contributed by atoms with Crippen molar-refractivity contribution in [2.45, 2.75) is 88.9 Å². The molecule has 0 aromatic heterocycles. The van der Waals surface area contributed by atoms with Gasteiger partial charge in [-0.15, -0.1) is 5.73 Å². The van der Waals surface area contributed by atoms with Crippen LogP contribution in [0.2, 0.25) is 19.6 Å². The lowest BCUT2D eigenvalue weighted by Crippen LogP contribution is -2.35. The maximum atomic E-state index is 4.11. The first kappa shape index (κ1) is 26.5. The summed E-state index contributed by atoms with van der Waals surface area (Å²) < 4.78 is 0. The Labute approximate surface area is 210 Å². The number of rotatable bonds is 5. The predicted molar refractivity (Wildman–Crippen MR) is 155 cm³/mol. The van der Waals surface area contributed by atoms with Gasteiger partial charge in [-0.25, -0.2) is 0 Å². The van der Waals surface area contributed by atoms with Crippen molar-refractivity contribution in [3.63, 3.8) is 0 Å². The van der Waals surface area contributed by atoms with Gasteiger partial charge < -0.3 is 0 Å². The highest BCUT2D eigenvalue weighted by Crippen LogP contribution is 2.51. The standard InChI is InChI=1S/C33H45Si/c1-19(2)29-27(31-23(7)14-21(5)15-24(31)8)18-28(30(20(3)4)33(29)34(11,12)13)32-25(9)16-22(6)17-26(32)10/h14-17,19-20H,1-13H3. The van der Waals surface area contributed by atoms with Gasteiger partial charge in [0.2, 0.25) is 0 Å². The third-order valence-corrected chi connectivity index (χ3v) is 9.12. The van der Waals surface area contributed by atoms with Crippen LogP contribution in [0.4, 0.5) is 0 Å². The first-order valence-electron chi connectivity index (χ1n) is 12.9. The lowest BCUT2D eigenvalue weighted by Gasteiger charge is -2.40. The zero-order valence-electron chi connectivity index (χ0n) is 24.0. The second kappa shape index (κ2) is 9.52. The van der Waals surface area contributed by atoms with E-state index in [-0.39, 0.29) is 0 Å². The van der Waals surface area contributed by atoms with E-state index in [9.17, 15) is 0 Å². The minimum atomic E-state index is -1.69. The fraction of sp³-hybridized carbons (Fsp3) is 0.455. The number of hydrogen-bond acceptors (Lipinski definition) is 0. The van der Waals surface area contributed by atoms with Gasteiger partial charge in [-0.1, -0.05) is 87.9 Å². The molecule has 0 amide bonds. The zero-order chi connectivity index (χ0) is 25.7. The summed E-state index contributed by atoms with van der Waals surface area (Å²) in [5.41, 5.74) is 19.2. The van der Waals surface area contributed by atoms with Crippen LogP contribution in [-0.2, 0) is 0 Å². The van der Waals surface area contributed by atoms with E-state index >= 15 is 0 Å². The van der Waals surface area contributed by atoms with E-state index in [0.717, 1.165) is 0 Å². The van der Waals surface area contributed by atoms with Crippen molar-refractivity contribution in [2.75, 3.05) is 0 Å². The summed E-state index contributed by atoms with van der Waals surface area (Å²) in [5, 5.41) is 1.65. The van der Waals surface area contributed by atoms with E-state index in [1.165, 1.54) is 67.1 Å². The van der Waals surface area contributed by atoms with Crippen LogP contribution in [0.3, 0.4) is 0 Å². The van der Waals surface area contributed by atoms with Crippen molar-refractivity contribution >= 4 is 19.2 Å². The molecule has 0 unspecified atom stereocenters. The average Bonchev–Trinajstić information content (AvgIpc) is 2.64. The van der Waals surface area contributed by atoms with Gasteiger partial charge in [0.15, 0.2) is 0 Å². The molecule has 0 spiro atoms. The van der Waals surface area contributed by atoms with E-state index in [1.807, 2.05) is 0 Å². The first-order chi connectivity index (χ1) is 15.6. The molecule has 2 aromatic carbocycles. The molecule has 0 heterocycles. The molecule has 0 nitrogen and oxygen atoms in total. The van der Waals surface area contributed by atoms with Gasteiger partial charge in [-0.3, -0.25) is 0 Å². The third kappa shape index (κ3) is 4.84. The summed E-state index contributed by atoms with van der Waals surface area (Å²) in [6.07, 6.45) is 0. The monoisotopic (exact) mass is 469 g/mol. The fourth-order valence-electron chi connectivity index (χ4n) is 6.16. The lowest BCUT2D eigenvalue weighted by atomic mass is 9.73. The van der Waals surface area contributed by atoms with Gasteiger partial charge in [0, 0.05) is 17.1 Å². The molecule has 0 atom stereocenters. The molecule has 0 saturated heterocycles. The molecule has 1 aliphatic rings. The van der Waals surface area contributed by atoms with E-state index in [4.69, 9.17) is 0 Å². The molecular formula is C33H45Si. The summed E-state index contributed by atoms with van der Waals surface area (Å²) in [5.74, 6) is 2.42. The molecule has 1 heteroatoms. The van der Waals surface area contributed by atoms with Crippen molar-refractivity contribution in [2.24, 2.45) is 11.8 Å². The molecule has 0 fully saturated rings. The average molecular weight is 470 g/mol. The van der Waals surface area contributed by atoms with Crippen molar-refractivity contribution in [3.05, 3.63) is 91.2 Å². The normalized spacial score (nSPS) is 15.4. The molecule has 0 aliphatic heterocycles. The van der Waals surface area contributed by atoms with Crippen LogP contribution in [0.15, 0.2) is 40.8 Å². The van der Waals surface area contributed by atoms with Gasteiger partial charge in [-0.05, 0) is 92.3 Å². The Morgan fingerprint density at radius 1 is 0.588 bits per heavy atom. The van der Waals surface area contributed by atoms with Gasteiger partial charge in [0.05, 0.1) is 8.07 Å². The Kier molecular flexibility index (Phi) is 7.42. The highest BCUT2D eigenvalue weighted by atomic mass is 28.3. The summed E-state index contributed by atoms with van der Waals surface area (Å²) in [6, 6.07) is 9.36. The van der Waals surface area contributed by atoms with Gasteiger partial charge in [-0.2, -0.15) is 0 Å². The summed E-state index contributed by atoms with van der Waals surface area (Å²) >= 11 is 0. The molecule has 181 valence electrons. The molecule has 0 N–H and O–H groups in total. The molecular weight excluding hydrogens is 424 g/mol. The Balaban J connectivity index is 2.62. The molecule has 2 aromatic rings. The zero-order valence-corrected chi connectivity index (χ0v) is 25.0. The van der Waals surface area contributed by atoms with E-state index in [1.54, 1.807) is 5.20 Å². The van der Waals surface area contributed by atoms with Gasteiger partial charge in [0.1, 0.15) is 0 Å². The van der Waals surface area contributed by atoms with Crippen LogP contribution >= 0.6 is 0 Å². The van der Waals surface area contributed by atoms with Crippen molar-refractivity contribution < 1.29 is 0 Å². The Bertz CT molecular complexity index is 1170. The molecule has 0 bridgehead atoms. The van der Waals surface area contributed by atoms with Crippen molar-refractivity contribution in [1.29, 1.82) is 0 Å². The molecule has 34 heavy (non-hydrogen) atoms. The van der Waals surface area contributed by atoms with Crippen LogP contribution in [0.1, 0.15) is 72.2 Å². The minimum Gasteiger partial charge on any atom is -0.107 e. The lowest BCUT2D eigenvalue weighted by molar-refractivity contribution is 0.711. The highest BCUT2D eigenvalue weighted by molar-refractivity contribution is 6.84. The minimum absolute atomic E-state index is 0.444. The van der Waals surface area contributed by atoms with Crippen LogP contribution in [0, 0.1) is 59.3 Å². The number of hydrogen-bond donors (Lipinski definition) is 0. The van der Waals surface area contributed by atoms with Crippen LogP contribution in [-0.4, -0.2) is 8.07 Å². The molecule has 1 aliphatic carbocycles. The van der Waals surface area contributed by atoms with Gasteiger partial charge >= 0.3 is 0 Å². The van der Waals surface area contributed by atoms with E-state index < -0.39 is 8.07 Å². The summed E-state index contributed by atoms with van der Waals surface area (Å²) in [4.78, 5) is 0.